The van der Waals surface area contributed by atoms with Crippen LogP contribution in [0.3, 0.4) is 0 Å². The molecule has 1 aliphatic rings. The molecular weight excluding hydrogens is 418 g/mol. The number of carbonyl (C=O) groups excluding carboxylic acids is 2. The number of hydrogen-bond acceptors (Lipinski definition) is 6. The van der Waals surface area contributed by atoms with Gasteiger partial charge in [0.15, 0.2) is 4.34 Å². The SMILES string of the molecule is Cc1csc(Sc2ccc(NC(=O)CCC(=O)N3CCOc4ccccc43)cc2)n1. The molecule has 2 heterocycles. The maximum atomic E-state index is 12.6. The first kappa shape index (κ1) is 20.4. The Morgan fingerprint density at radius 2 is 1.97 bits per heavy atom. The van der Waals surface area contributed by atoms with E-state index in [-0.39, 0.29) is 24.7 Å². The van der Waals surface area contributed by atoms with Gasteiger partial charge < -0.3 is 15.0 Å². The highest BCUT2D eigenvalue weighted by molar-refractivity contribution is 8.01. The number of benzene rings is 2. The van der Waals surface area contributed by atoms with E-state index >= 15 is 0 Å². The highest BCUT2D eigenvalue weighted by Gasteiger charge is 2.23. The van der Waals surface area contributed by atoms with Gasteiger partial charge in [-0.3, -0.25) is 9.59 Å². The first-order valence-corrected chi connectivity index (χ1v) is 11.3. The molecule has 0 bridgehead atoms. The van der Waals surface area contributed by atoms with E-state index in [4.69, 9.17) is 4.74 Å². The lowest BCUT2D eigenvalue weighted by molar-refractivity contribution is -0.122. The molecule has 30 heavy (non-hydrogen) atoms. The molecule has 0 saturated heterocycles. The predicted molar refractivity (Wildman–Crippen MR) is 120 cm³/mol. The molecule has 0 saturated carbocycles. The summed E-state index contributed by atoms with van der Waals surface area (Å²) in [5.41, 5.74) is 2.49. The maximum absolute atomic E-state index is 12.6. The lowest BCUT2D eigenvalue weighted by atomic mass is 10.2. The molecule has 0 spiro atoms. The summed E-state index contributed by atoms with van der Waals surface area (Å²) in [7, 11) is 0. The number of amides is 2. The zero-order valence-corrected chi connectivity index (χ0v) is 18.1. The fraction of sp³-hybridized carbons (Fsp3) is 0.227. The lowest BCUT2D eigenvalue weighted by Gasteiger charge is -2.29. The molecule has 1 aromatic heterocycles. The highest BCUT2D eigenvalue weighted by atomic mass is 32.2. The minimum atomic E-state index is -0.180. The number of hydrogen-bond donors (Lipinski definition) is 1. The molecule has 2 aromatic carbocycles. The van der Waals surface area contributed by atoms with Gasteiger partial charge in [-0.15, -0.1) is 11.3 Å². The van der Waals surface area contributed by atoms with Gasteiger partial charge in [0.1, 0.15) is 12.4 Å². The number of thiazole rings is 1. The van der Waals surface area contributed by atoms with Crippen molar-refractivity contribution in [2.45, 2.75) is 29.0 Å². The lowest BCUT2D eigenvalue weighted by Crippen LogP contribution is -2.38. The molecule has 8 heteroatoms. The summed E-state index contributed by atoms with van der Waals surface area (Å²) in [5.74, 6) is 0.444. The summed E-state index contributed by atoms with van der Waals surface area (Å²) in [6, 6.07) is 15.1. The average molecular weight is 440 g/mol. The maximum Gasteiger partial charge on any atom is 0.227 e. The largest absolute Gasteiger partial charge is 0.490 e. The van der Waals surface area contributed by atoms with Gasteiger partial charge >= 0.3 is 0 Å². The number of ether oxygens (including phenoxy) is 1. The van der Waals surface area contributed by atoms with E-state index in [1.165, 1.54) is 0 Å². The van der Waals surface area contributed by atoms with Crippen LogP contribution >= 0.6 is 23.1 Å². The van der Waals surface area contributed by atoms with Crippen LogP contribution in [0.25, 0.3) is 0 Å². The van der Waals surface area contributed by atoms with Crippen LogP contribution in [0.4, 0.5) is 11.4 Å². The Bertz CT molecular complexity index is 1050. The van der Waals surface area contributed by atoms with E-state index in [1.807, 2.05) is 60.8 Å². The number of aromatic nitrogens is 1. The van der Waals surface area contributed by atoms with Crippen LogP contribution in [0.2, 0.25) is 0 Å². The molecule has 6 nitrogen and oxygen atoms in total. The van der Waals surface area contributed by atoms with Gasteiger partial charge in [-0.2, -0.15) is 0 Å². The summed E-state index contributed by atoms with van der Waals surface area (Å²) in [4.78, 5) is 32.1. The average Bonchev–Trinajstić information content (AvgIpc) is 3.17. The Kier molecular flexibility index (Phi) is 6.35. The van der Waals surface area contributed by atoms with Crippen LogP contribution in [0.5, 0.6) is 5.75 Å². The van der Waals surface area contributed by atoms with E-state index in [2.05, 4.69) is 10.3 Å². The van der Waals surface area contributed by atoms with Crippen molar-refractivity contribution in [1.82, 2.24) is 4.98 Å². The number of aryl methyl sites for hydroxylation is 1. The first-order chi connectivity index (χ1) is 14.6. The van der Waals surface area contributed by atoms with Gasteiger partial charge in [0.25, 0.3) is 0 Å². The van der Waals surface area contributed by atoms with Gasteiger partial charge in [0.2, 0.25) is 11.8 Å². The zero-order valence-electron chi connectivity index (χ0n) is 16.5. The Hall–Kier alpha value is -2.84. The van der Waals surface area contributed by atoms with Crippen molar-refractivity contribution in [2.24, 2.45) is 0 Å². The monoisotopic (exact) mass is 439 g/mol. The Morgan fingerprint density at radius 1 is 1.17 bits per heavy atom. The number of nitrogens with one attached hydrogen (secondary N) is 1. The van der Waals surface area contributed by atoms with Crippen molar-refractivity contribution in [3.8, 4) is 5.75 Å². The third-order valence-corrected chi connectivity index (χ3v) is 6.60. The molecule has 2 amide bonds. The Morgan fingerprint density at radius 3 is 2.73 bits per heavy atom. The number of rotatable bonds is 6. The number of carbonyl (C=O) groups is 2. The molecular formula is C22H21N3O3S2. The normalized spacial score (nSPS) is 12.8. The molecule has 0 atom stereocenters. The molecule has 1 aliphatic heterocycles. The second kappa shape index (κ2) is 9.32. The van der Waals surface area contributed by atoms with Crippen molar-refractivity contribution in [2.75, 3.05) is 23.4 Å². The zero-order chi connectivity index (χ0) is 20.9. The summed E-state index contributed by atoms with van der Waals surface area (Å²) < 4.78 is 6.57. The van der Waals surface area contributed by atoms with Crippen LogP contribution < -0.4 is 15.0 Å². The molecule has 0 unspecified atom stereocenters. The van der Waals surface area contributed by atoms with E-state index in [9.17, 15) is 9.59 Å². The minimum absolute atomic E-state index is 0.0774. The van der Waals surface area contributed by atoms with Crippen molar-refractivity contribution < 1.29 is 14.3 Å². The van der Waals surface area contributed by atoms with Crippen LogP contribution in [0.15, 0.2) is 63.1 Å². The van der Waals surface area contributed by atoms with Crippen LogP contribution in [0.1, 0.15) is 18.5 Å². The summed E-state index contributed by atoms with van der Waals surface area (Å²) >= 11 is 3.21. The predicted octanol–water partition coefficient (Wildman–Crippen LogP) is 4.75. The summed E-state index contributed by atoms with van der Waals surface area (Å²) in [6.07, 6.45) is 0.282. The number of para-hydroxylation sites is 2. The number of fused-ring (bicyclic) bond motifs is 1. The van der Waals surface area contributed by atoms with E-state index in [0.29, 0.717) is 24.6 Å². The smallest absolute Gasteiger partial charge is 0.227 e. The standard InChI is InChI=1S/C22H21N3O3S2/c1-15-14-29-22(23-15)30-17-8-6-16(7-9-17)24-20(26)10-11-21(27)25-12-13-28-19-5-3-2-4-18(19)25/h2-9,14H,10-13H2,1H3,(H,24,26). The second-order valence-electron chi connectivity index (χ2n) is 6.79. The number of anilines is 2. The fourth-order valence-corrected chi connectivity index (χ4v) is 4.90. The highest BCUT2D eigenvalue weighted by Crippen LogP contribution is 2.32. The van der Waals surface area contributed by atoms with Gasteiger partial charge in [0, 0.05) is 34.5 Å². The summed E-state index contributed by atoms with van der Waals surface area (Å²) in [6.45, 7) is 2.93. The van der Waals surface area contributed by atoms with Gasteiger partial charge in [-0.25, -0.2) is 4.98 Å². The third-order valence-electron chi connectivity index (χ3n) is 4.54. The molecule has 154 valence electrons. The quantitative estimate of drug-likeness (QED) is 0.600. The van der Waals surface area contributed by atoms with Crippen LogP contribution in [-0.2, 0) is 9.59 Å². The molecule has 0 radical (unpaired) electrons. The topological polar surface area (TPSA) is 71.5 Å². The van der Waals surface area contributed by atoms with E-state index in [1.54, 1.807) is 28.0 Å². The molecule has 3 aromatic rings. The third kappa shape index (κ3) is 5.01. The van der Waals surface area contributed by atoms with Crippen molar-refractivity contribution in [3.05, 3.63) is 59.6 Å². The Labute approximate surface area is 183 Å². The molecule has 0 aliphatic carbocycles. The van der Waals surface area contributed by atoms with Crippen molar-refractivity contribution in [3.63, 3.8) is 0 Å². The number of nitrogens with zero attached hydrogens (tertiary/aromatic N) is 2. The molecule has 4 rings (SSSR count). The van der Waals surface area contributed by atoms with E-state index in [0.717, 1.165) is 20.6 Å². The molecule has 1 N–H and O–H groups in total. The Balaban J connectivity index is 1.28. The van der Waals surface area contributed by atoms with Crippen LogP contribution in [-0.4, -0.2) is 29.9 Å². The van der Waals surface area contributed by atoms with Gasteiger partial charge in [0.05, 0.1) is 12.2 Å². The van der Waals surface area contributed by atoms with Crippen molar-refractivity contribution in [1.29, 1.82) is 0 Å². The van der Waals surface area contributed by atoms with E-state index < -0.39 is 0 Å². The van der Waals surface area contributed by atoms with Crippen molar-refractivity contribution >= 4 is 46.3 Å². The van der Waals surface area contributed by atoms with Gasteiger partial charge in [-0.1, -0.05) is 23.9 Å². The fourth-order valence-electron chi connectivity index (χ4n) is 3.09. The second-order valence-corrected chi connectivity index (χ2v) is 8.97. The summed E-state index contributed by atoms with van der Waals surface area (Å²) in [5, 5.41) is 4.88. The van der Waals surface area contributed by atoms with Crippen LogP contribution in [0, 0.1) is 6.92 Å². The first-order valence-electron chi connectivity index (χ1n) is 9.60. The minimum Gasteiger partial charge on any atom is -0.490 e. The van der Waals surface area contributed by atoms with Gasteiger partial charge in [-0.05, 0) is 43.3 Å². The molecule has 0 fully saturated rings.